The number of alkyl halides is 3. The minimum atomic E-state index is -4.38. The zero-order valence-electron chi connectivity index (χ0n) is 15.1. The van der Waals surface area contributed by atoms with Gasteiger partial charge in [-0.15, -0.1) is 0 Å². The van der Waals surface area contributed by atoms with Crippen LogP contribution in [0.25, 0.3) is 0 Å². The second-order valence-corrected chi connectivity index (χ2v) is 7.03. The van der Waals surface area contributed by atoms with Gasteiger partial charge in [0, 0.05) is 4.47 Å². The van der Waals surface area contributed by atoms with Gasteiger partial charge in [-0.3, -0.25) is 9.59 Å². The monoisotopic (exact) mass is 476 g/mol. The summed E-state index contributed by atoms with van der Waals surface area (Å²) >= 11 is 3.29. The predicted molar refractivity (Wildman–Crippen MR) is 104 cm³/mol. The van der Waals surface area contributed by atoms with Gasteiger partial charge in [-0.2, -0.15) is 13.2 Å². The van der Waals surface area contributed by atoms with Gasteiger partial charge in [0.1, 0.15) is 12.1 Å². The summed E-state index contributed by atoms with van der Waals surface area (Å²) in [5.74, 6) is -2.15. The van der Waals surface area contributed by atoms with E-state index >= 15 is 0 Å². The van der Waals surface area contributed by atoms with Crippen LogP contribution < -0.4 is 11.5 Å². The molecule has 0 amide bonds. The largest absolute Gasteiger partial charge is 0.480 e. The summed E-state index contributed by atoms with van der Waals surface area (Å²) in [7, 11) is 0. The van der Waals surface area contributed by atoms with E-state index in [0.717, 1.165) is 22.2 Å². The van der Waals surface area contributed by atoms with Gasteiger partial charge in [0.2, 0.25) is 0 Å². The second-order valence-electron chi connectivity index (χ2n) is 6.12. The zero-order chi connectivity index (χ0) is 22.2. The molecule has 0 saturated carbocycles. The maximum Gasteiger partial charge on any atom is 0.416 e. The zero-order valence-corrected chi connectivity index (χ0v) is 16.7. The first-order chi connectivity index (χ1) is 13.4. The molecule has 0 radical (unpaired) electrons. The number of carboxylic acid groups (broad SMARTS) is 2. The Hall–Kier alpha value is -2.43. The van der Waals surface area contributed by atoms with Crippen molar-refractivity contribution in [3.63, 3.8) is 0 Å². The minimum absolute atomic E-state index is 0.00741. The van der Waals surface area contributed by atoms with E-state index in [4.69, 9.17) is 21.7 Å². The van der Waals surface area contributed by atoms with Crippen molar-refractivity contribution in [2.75, 3.05) is 0 Å². The van der Waals surface area contributed by atoms with Crippen molar-refractivity contribution in [3.05, 3.63) is 69.7 Å². The van der Waals surface area contributed by atoms with E-state index in [1.807, 2.05) is 24.3 Å². The van der Waals surface area contributed by atoms with Crippen molar-refractivity contribution in [3.8, 4) is 0 Å². The number of halogens is 4. The van der Waals surface area contributed by atoms with E-state index in [9.17, 15) is 22.8 Å². The number of nitrogens with two attached hydrogens (primary N) is 2. The molecule has 158 valence electrons. The fraction of sp³-hybridized carbons (Fsp3) is 0.263. The summed E-state index contributed by atoms with van der Waals surface area (Å²) in [6, 6.07) is 9.79. The number of carbonyl (C=O) groups is 2. The Bertz CT molecular complexity index is 812. The summed E-state index contributed by atoms with van der Waals surface area (Å²) < 4.78 is 37.5. The number of benzene rings is 2. The topological polar surface area (TPSA) is 127 Å². The minimum Gasteiger partial charge on any atom is -0.480 e. The van der Waals surface area contributed by atoms with Crippen LogP contribution in [0.3, 0.4) is 0 Å². The highest BCUT2D eigenvalue weighted by Crippen LogP contribution is 2.29. The molecule has 29 heavy (non-hydrogen) atoms. The molecule has 0 aliphatic heterocycles. The third-order valence-corrected chi connectivity index (χ3v) is 4.27. The Morgan fingerprint density at radius 1 is 0.828 bits per heavy atom. The Kier molecular flexibility index (Phi) is 9.28. The number of carboxylic acids is 2. The lowest BCUT2D eigenvalue weighted by Crippen LogP contribution is -2.32. The molecular weight excluding hydrogens is 457 g/mol. The summed E-state index contributed by atoms with van der Waals surface area (Å²) in [6.07, 6.45) is -4.01. The fourth-order valence-electron chi connectivity index (χ4n) is 2.13. The van der Waals surface area contributed by atoms with Crippen molar-refractivity contribution < 1.29 is 33.0 Å². The van der Waals surface area contributed by atoms with Crippen LogP contribution in [0.5, 0.6) is 0 Å². The normalized spacial score (nSPS) is 13.0. The fourth-order valence-corrected chi connectivity index (χ4v) is 2.40. The van der Waals surface area contributed by atoms with Gasteiger partial charge in [-0.05, 0) is 48.2 Å². The maximum atomic E-state index is 12.2. The lowest BCUT2D eigenvalue weighted by Gasteiger charge is -2.09. The molecule has 0 unspecified atom stereocenters. The van der Waals surface area contributed by atoms with Crippen LogP contribution in [0.2, 0.25) is 0 Å². The van der Waals surface area contributed by atoms with E-state index in [0.29, 0.717) is 12.0 Å². The Morgan fingerprint density at radius 2 is 1.17 bits per heavy atom. The smallest absolute Gasteiger partial charge is 0.416 e. The van der Waals surface area contributed by atoms with Crippen molar-refractivity contribution in [2.45, 2.75) is 31.1 Å². The van der Waals surface area contributed by atoms with Gasteiger partial charge in [-0.1, -0.05) is 40.2 Å². The average molecular weight is 477 g/mol. The molecule has 0 aromatic heterocycles. The van der Waals surface area contributed by atoms with Crippen LogP contribution in [0.1, 0.15) is 16.7 Å². The first kappa shape index (κ1) is 24.6. The molecule has 2 atom stereocenters. The van der Waals surface area contributed by atoms with Crippen molar-refractivity contribution >= 4 is 27.9 Å². The quantitative estimate of drug-likeness (QED) is 0.507. The van der Waals surface area contributed by atoms with Gasteiger partial charge in [0.05, 0.1) is 5.56 Å². The van der Waals surface area contributed by atoms with Crippen LogP contribution in [-0.4, -0.2) is 34.2 Å². The third-order valence-electron chi connectivity index (χ3n) is 3.74. The summed E-state index contributed by atoms with van der Waals surface area (Å²) in [6.45, 7) is 0. The first-order valence-electron chi connectivity index (χ1n) is 8.27. The number of rotatable bonds is 6. The van der Waals surface area contributed by atoms with Crippen LogP contribution in [0.15, 0.2) is 53.0 Å². The summed E-state index contributed by atoms with van der Waals surface area (Å²) in [5.41, 5.74) is 11.3. The van der Waals surface area contributed by atoms with E-state index in [-0.39, 0.29) is 6.42 Å². The van der Waals surface area contributed by atoms with Crippen molar-refractivity contribution in [2.24, 2.45) is 11.5 Å². The van der Waals surface area contributed by atoms with Crippen molar-refractivity contribution in [1.29, 1.82) is 0 Å². The molecule has 0 heterocycles. The van der Waals surface area contributed by atoms with E-state index < -0.39 is 35.8 Å². The van der Waals surface area contributed by atoms with Crippen LogP contribution in [0, 0.1) is 0 Å². The maximum absolute atomic E-state index is 12.2. The van der Waals surface area contributed by atoms with E-state index in [1.165, 1.54) is 12.1 Å². The molecule has 10 heteroatoms. The van der Waals surface area contributed by atoms with E-state index in [2.05, 4.69) is 15.9 Å². The SMILES string of the molecule is N[C@@H](Cc1ccc(Br)cc1)C(=O)O.N[C@@H](Cc1ccc(C(F)(F)F)cc1)C(=O)O. The average Bonchev–Trinajstić information content (AvgIpc) is 2.63. The van der Waals surface area contributed by atoms with Gasteiger partial charge < -0.3 is 21.7 Å². The van der Waals surface area contributed by atoms with E-state index in [1.54, 1.807) is 0 Å². The van der Waals surface area contributed by atoms with Gasteiger partial charge in [0.25, 0.3) is 0 Å². The molecule has 0 fully saturated rings. The molecule has 6 nitrogen and oxygen atoms in total. The van der Waals surface area contributed by atoms with Crippen LogP contribution >= 0.6 is 15.9 Å². The summed E-state index contributed by atoms with van der Waals surface area (Å²) in [5, 5.41) is 17.1. The lowest BCUT2D eigenvalue weighted by atomic mass is 10.0. The molecular formula is C19H20BrF3N2O4. The summed E-state index contributed by atoms with van der Waals surface area (Å²) in [4.78, 5) is 20.9. The highest BCUT2D eigenvalue weighted by atomic mass is 79.9. The molecule has 2 aromatic carbocycles. The highest BCUT2D eigenvalue weighted by Gasteiger charge is 2.30. The van der Waals surface area contributed by atoms with Crippen LogP contribution in [0.4, 0.5) is 13.2 Å². The molecule has 2 aromatic rings. The molecule has 2 rings (SSSR count). The number of hydrogen-bond donors (Lipinski definition) is 4. The van der Waals surface area contributed by atoms with Crippen LogP contribution in [-0.2, 0) is 28.6 Å². The number of hydrogen-bond acceptors (Lipinski definition) is 4. The first-order valence-corrected chi connectivity index (χ1v) is 9.06. The Balaban J connectivity index is 0.000000296. The molecule has 6 N–H and O–H groups in total. The highest BCUT2D eigenvalue weighted by molar-refractivity contribution is 9.10. The Labute approximate surface area is 173 Å². The lowest BCUT2D eigenvalue weighted by molar-refractivity contribution is -0.139. The molecule has 0 saturated heterocycles. The van der Waals surface area contributed by atoms with Gasteiger partial charge >= 0.3 is 18.1 Å². The molecule has 0 spiro atoms. The standard InChI is InChI=1S/C10H10F3NO2.C9H10BrNO2/c11-10(12,13)7-3-1-6(2-4-7)5-8(14)9(15)16;10-7-3-1-6(2-4-7)5-8(11)9(12)13/h1-4,8H,5,14H2,(H,15,16);1-4,8H,5,11H2,(H,12,13)/t2*8-/m00/s1. The predicted octanol–water partition coefficient (Wildman–Crippen LogP) is 3.06. The molecule has 0 aliphatic rings. The third kappa shape index (κ3) is 9.07. The molecule has 0 aliphatic carbocycles. The van der Waals surface area contributed by atoms with Gasteiger partial charge in [-0.25, -0.2) is 0 Å². The number of aliphatic carboxylic acids is 2. The van der Waals surface area contributed by atoms with Gasteiger partial charge in [0.15, 0.2) is 0 Å². The van der Waals surface area contributed by atoms with Crippen molar-refractivity contribution in [1.82, 2.24) is 0 Å². The Morgan fingerprint density at radius 3 is 1.48 bits per heavy atom. The molecule has 0 bridgehead atoms. The second kappa shape index (κ2) is 10.9.